The van der Waals surface area contributed by atoms with Crippen molar-refractivity contribution in [2.24, 2.45) is 0 Å². The van der Waals surface area contributed by atoms with Gasteiger partial charge in [-0.1, -0.05) is 26.2 Å². The molecule has 1 heterocycles. The van der Waals surface area contributed by atoms with Crippen molar-refractivity contribution in [3.05, 3.63) is 24.0 Å². The normalized spacial score (nSPS) is 11.8. The van der Waals surface area contributed by atoms with Gasteiger partial charge in [0.15, 0.2) is 0 Å². The van der Waals surface area contributed by atoms with Crippen molar-refractivity contribution in [1.29, 1.82) is 5.26 Å². The fraction of sp³-hybridized carbons (Fsp3) is 0.538. The summed E-state index contributed by atoms with van der Waals surface area (Å²) in [7, 11) is 0. The molecule has 0 aromatic carbocycles. The number of nitriles is 1. The standard InChI is InChI=1S/C13H19N3/c1-3-4-5-6-11(2)16-13-8-7-12(9-14)15-10-13/h7-8,10-11,16H,3-6H2,1-2H3. The Hall–Kier alpha value is -1.56. The van der Waals surface area contributed by atoms with Gasteiger partial charge in [-0.05, 0) is 25.5 Å². The van der Waals surface area contributed by atoms with E-state index in [1.807, 2.05) is 12.1 Å². The lowest BCUT2D eigenvalue weighted by Gasteiger charge is -2.14. The van der Waals surface area contributed by atoms with E-state index in [-0.39, 0.29) is 0 Å². The number of hydrogen-bond acceptors (Lipinski definition) is 3. The smallest absolute Gasteiger partial charge is 0.140 e. The Bertz CT molecular complexity index is 337. The topological polar surface area (TPSA) is 48.7 Å². The highest BCUT2D eigenvalue weighted by atomic mass is 14.9. The van der Waals surface area contributed by atoms with Gasteiger partial charge in [0.1, 0.15) is 11.8 Å². The van der Waals surface area contributed by atoms with Gasteiger partial charge in [-0.25, -0.2) is 4.98 Å². The van der Waals surface area contributed by atoms with Crippen molar-refractivity contribution in [1.82, 2.24) is 4.98 Å². The monoisotopic (exact) mass is 217 g/mol. The van der Waals surface area contributed by atoms with Crippen LogP contribution in [0, 0.1) is 11.3 Å². The zero-order valence-corrected chi connectivity index (χ0v) is 10.0. The molecule has 1 N–H and O–H groups in total. The van der Waals surface area contributed by atoms with Crippen LogP contribution in [-0.2, 0) is 0 Å². The van der Waals surface area contributed by atoms with Crippen LogP contribution >= 0.6 is 0 Å². The minimum absolute atomic E-state index is 0.460. The second-order valence-electron chi connectivity index (χ2n) is 4.09. The Balaban J connectivity index is 2.38. The Morgan fingerprint density at radius 2 is 2.25 bits per heavy atom. The first-order valence-electron chi connectivity index (χ1n) is 5.89. The maximum absolute atomic E-state index is 8.62. The van der Waals surface area contributed by atoms with Crippen molar-refractivity contribution in [2.45, 2.75) is 45.6 Å². The Morgan fingerprint density at radius 3 is 2.81 bits per heavy atom. The predicted octanol–water partition coefficient (Wildman–Crippen LogP) is 3.33. The third-order valence-corrected chi connectivity index (χ3v) is 2.53. The molecule has 0 saturated heterocycles. The SMILES string of the molecule is CCCCCC(C)Nc1ccc(C#N)nc1. The van der Waals surface area contributed by atoms with E-state index in [9.17, 15) is 0 Å². The number of aromatic nitrogens is 1. The third kappa shape index (κ3) is 4.31. The molecule has 1 rings (SSSR count). The highest BCUT2D eigenvalue weighted by Crippen LogP contribution is 2.11. The maximum atomic E-state index is 8.62. The minimum Gasteiger partial charge on any atom is -0.381 e. The first-order chi connectivity index (χ1) is 7.76. The maximum Gasteiger partial charge on any atom is 0.140 e. The summed E-state index contributed by atoms with van der Waals surface area (Å²) in [6.07, 6.45) is 6.69. The predicted molar refractivity (Wildman–Crippen MR) is 66.2 cm³/mol. The van der Waals surface area contributed by atoms with Crippen molar-refractivity contribution in [2.75, 3.05) is 5.32 Å². The molecule has 0 spiro atoms. The van der Waals surface area contributed by atoms with Crippen LogP contribution in [0.5, 0.6) is 0 Å². The average Bonchev–Trinajstić information content (AvgIpc) is 2.30. The van der Waals surface area contributed by atoms with Gasteiger partial charge in [0.05, 0.1) is 11.9 Å². The van der Waals surface area contributed by atoms with E-state index in [0.717, 1.165) is 5.69 Å². The van der Waals surface area contributed by atoms with Crippen LogP contribution in [0.3, 0.4) is 0 Å². The second-order valence-corrected chi connectivity index (χ2v) is 4.09. The zero-order valence-electron chi connectivity index (χ0n) is 10.0. The summed E-state index contributed by atoms with van der Waals surface area (Å²) in [5.41, 5.74) is 1.45. The molecule has 0 aliphatic heterocycles. The molecule has 0 fully saturated rings. The molecule has 1 atom stereocenters. The molecule has 0 saturated carbocycles. The molecule has 16 heavy (non-hydrogen) atoms. The van der Waals surface area contributed by atoms with E-state index >= 15 is 0 Å². The molecule has 0 aliphatic carbocycles. The summed E-state index contributed by atoms with van der Waals surface area (Å²) in [6, 6.07) is 6.11. The zero-order chi connectivity index (χ0) is 11.8. The van der Waals surface area contributed by atoms with E-state index in [1.54, 1.807) is 12.3 Å². The van der Waals surface area contributed by atoms with E-state index in [0.29, 0.717) is 11.7 Å². The summed E-state index contributed by atoms with van der Waals surface area (Å²) >= 11 is 0. The van der Waals surface area contributed by atoms with Crippen molar-refractivity contribution < 1.29 is 0 Å². The van der Waals surface area contributed by atoms with E-state index in [1.165, 1.54) is 25.7 Å². The summed E-state index contributed by atoms with van der Waals surface area (Å²) in [4.78, 5) is 4.02. The van der Waals surface area contributed by atoms with Crippen molar-refractivity contribution in [3.8, 4) is 6.07 Å². The third-order valence-electron chi connectivity index (χ3n) is 2.53. The van der Waals surface area contributed by atoms with Gasteiger partial charge in [-0.15, -0.1) is 0 Å². The number of hydrogen-bond donors (Lipinski definition) is 1. The largest absolute Gasteiger partial charge is 0.381 e. The first kappa shape index (κ1) is 12.5. The summed E-state index contributed by atoms with van der Waals surface area (Å²) in [5, 5.41) is 12.0. The fourth-order valence-corrected chi connectivity index (χ4v) is 1.60. The van der Waals surface area contributed by atoms with Gasteiger partial charge in [-0.2, -0.15) is 5.26 Å². The number of rotatable bonds is 6. The van der Waals surface area contributed by atoms with Crippen LogP contribution in [0.4, 0.5) is 5.69 Å². The number of unbranched alkanes of at least 4 members (excludes halogenated alkanes) is 2. The lowest BCUT2D eigenvalue weighted by Crippen LogP contribution is -2.14. The molecule has 0 bridgehead atoms. The van der Waals surface area contributed by atoms with E-state index in [2.05, 4.69) is 24.1 Å². The Kier molecular flexibility index (Phi) is 5.35. The van der Waals surface area contributed by atoms with Crippen LogP contribution in [0.25, 0.3) is 0 Å². The molecule has 1 aromatic rings. The van der Waals surface area contributed by atoms with Gasteiger partial charge >= 0.3 is 0 Å². The van der Waals surface area contributed by atoms with Crippen LogP contribution in [0.2, 0.25) is 0 Å². The first-order valence-corrected chi connectivity index (χ1v) is 5.89. The lowest BCUT2D eigenvalue weighted by atomic mass is 10.1. The number of nitrogens with zero attached hydrogens (tertiary/aromatic N) is 2. The summed E-state index contributed by atoms with van der Waals surface area (Å²) < 4.78 is 0. The molecule has 0 aliphatic rings. The molecule has 1 aromatic heterocycles. The molecule has 3 heteroatoms. The van der Waals surface area contributed by atoms with Crippen molar-refractivity contribution >= 4 is 5.69 Å². The molecular weight excluding hydrogens is 198 g/mol. The Morgan fingerprint density at radius 1 is 1.44 bits per heavy atom. The van der Waals surface area contributed by atoms with Gasteiger partial charge in [-0.3, -0.25) is 0 Å². The van der Waals surface area contributed by atoms with Gasteiger partial charge in [0, 0.05) is 6.04 Å². The average molecular weight is 217 g/mol. The molecule has 0 amide bonds. The van der Waals surface area contributed by atoms with Crippen LogP contribution in [0.15, 0.2) is 18.3 Å². The number of pyridine rings is 1. The van der Waals surface area contributed by atoms with Crippen molar-refractivity contribution in [3.63, 3.8) is 0 Å². The van der Waals surface area contributed by atoms with Crippen LogP contribution < -0.4 is 5.32 Å². The lowest BCUT2D eigenvalue weighted by molar-refractivity contribution is 0.615. The molecule has 0 radical (unpaired) electrons. The number of nitrogens with one attached hydrogen (secondary N) is 1. The highest BCUT2D eigenvalue weighted by molar-refractivity contribution is 5.43. The number of anilines is 1. The fourth-order valence-electron chi connectivity index (χ4n) is 1.60. The van der Waals surface area contributed by atoms with Crippen LogP contribution in [0.1, 0.15) is 45.2 Å². The van der Waals surface area contributed by atoms with Crippen LogP contribution in [-0.4, -0.2) is 11.0 Å². The molecule has 86 valence electrons. The molecular formula is C13H19N3. The minimum atomic E-state index is 0.460. The second kappa shape index (κ2) is 6.84. The summed E-state index contributed by atoms with van der Waals surface area (Å²) in [6.45, 7) is 4.39. The van der Waals surface area contributed by atoms with Gasteiger partial charge in [0.2, 0.25) is 0 Å². The summed E-state index contributed by atoms with van der Waals surface area (Å²) in [5.74, 6) is 0. The molecule has 3 nitrogen and oxygen atoms in total. The van der Waals surface area contributed by atoms with Gasteiger partial charge in [0.25, 0.3) is 0 Å². The van der Waals surface area contributed by atoms with E-state index < -0.39 is 0 Å². The highest BCUT2D eigenvalue weighted by Gasteiger charge is 2.01. The quantitative estimate of drug-likeness (QED) is 0.743. The Labute approximate surface area is 97.5 Å². The van der Waals surface area contributed by atoms with E-state index in [4.69, 9.17) is 5.26 Å². The van der Waals surface area contributed by atoms with Gasteiger partial charge < -0.3 is 5.32 Å². The molecule has 1 unspecified atom stereocenters.